The van der Waals surface area contributed by atoms with Crippen LogP contribution in [0, 0.1) is 13.8 Å². The minimum absolute atomic E-state index is 0.0000404. The van der Waals surface area contributed by atoms with Crippen LogP contribution in [0.3, 0.4) is 0 Å². The minimum atomic E-state index is -4.56. The van der Waals surface area contributed by atoms with Gasteiger partial charge in [-0.15, -0.1) is 0 Å². The summed E-state index contributed by atoms with van der Waals surface area (Å²) in [6.45, 7) is 3.34. The Morgan fingerprint density at radius 2 is 0.925 bits per heavy atom. The maximum absolute atomic E-state index is 14.3. The highest BCUT2D eigenvalue weighted by Crippen LogP contribution is 2.45. The van der Waals surface area contributed by atoms with E-state index in [9.17, 15) is 33.7 Å². The van der Waals surface area contributed by atoms with E-state index < -0.39 is 86.9 Å². The molecule has 0 spiro atoms. The van der Waals surface area contributed by atoms with Crippen molar-refractivity contribution in [2.45, 2.75) is 47.8 Å². The Bertz CT molecular complexity index is 1640. The van der Waals surface area contributed by atoms with E-state index in [1.54, 1.807) is 26.0 Å². The third kappa shape index (κ3) is 4.71. The number of sulfone groups is 2. The van der Waals surface area contributed by atoms with Crippen LogP contribution in [0.15, 0.2) is 46.2 Å². The molecular formula is C24H30N2O10S4. The number of fused-ring (bicyclic) bond motifs is 2. The number of hydrogen-bond donors (Lipinski definition) is 0. The molecule has 3 aliphatic heterocycles. The van der Waals surface area contributed by atoms with Crippen molar-refractivity contribution < 1.29 is 43.1 Å². The highest BCUT2D eigenvalue weighted by molar-refractivity contribution is 7.93. The topological polar surface area (TPSA) is 162 Å². The molecule has 2 aromatic carbocycles. The maximum atomic E-state index is 14.3. The normalized spacial score (nSPS) is 28.1. The molecule has 40 heavy (non-hydrogen) atoms. The number of ether oxygens (including phenoxy) is 2. The largest absolute Gasteiger partial charge is 0.495 e. The van der Waals surface area contributed by atoms with Gasteiger partial charge in [-0.1, -0.05) is 12.1 Å². The van der Waals surface area contributed by atoms with Crippen LogP contribution < -0.4 is 9.47 Å². The standard InChI is InChI=1S/C24H30N2O10S4/c1-15-5-7-21(35-3)23(9-15)39(31,32)25-17-11-37(27,28)13-19(17)26(20-14-38(29,30)12-18(20)25)40(33,34)24-10-16(2)6-8-22(24)36-4/h5-10,17-20H,11-14H2,1-4H3/t17-,18-,19+,20+. The van der Waals surface area contributed by atoms with Crippen molar-refractivity contribution in [3.63, 3.8) is 0 Å². The monoisotopic (exact) mass is 634 g/mol. The number of hydrogen-bond acceptors (Lipinski definition) is 10. The van der Waals surface area contributed by atoms with Crippen LogP contribution >= 0.6 is 0 Å². The zero-order chi connectivity index (χ0) is 29.4. The fraction of sp³-hybridized carbons (Fsp3) is 0.500. The predicted molar refractivity (Wildman–Crippen MR) is 146 cm³/mol. The molecular weight excluding hydrogens is 605 g/mol. The highest BCUT2D eigenvalue weighted by Gasteiger charge is 2.64. The smallest absolute Gasteiger partial charge is 0.247 e. The third-order valence-corrected chi connectivity index (χ3v) is 15.0. The molecule has 220 valence electrons. The van der Waals surface area contributed by atoms with E-state index in [0.717, 1.165) is 8.61 Å². The lowest BCUT2D eigenvalue weighted by Gasteiger charge is -2.49. The molecule has 3 heterocycles. The number of piperazine rings is 1. The van der Waals surface area contributed by atoms with Gasteiger partial charge in [0.15, 0.2) is 19.7 Å². The van der Waals surface area contributed by atoms with Gasteiger partial charge in [0.05, 0.1) is 61.4 Å². The van der Waals surface area contributed by atoms with Crippen LogP contribution in [0.5, 0.6) is 11.5 Å². The van der Waals surface area contributed by atoms with E-state index in [1.165, 1.54) is 38.5 Å². The molecule has 16 heteroatoms. The lowest BCUT2D eigenvalue weighted by atomic mass is 10.0. The van der Waals surface area contributed by atoms with Gasteiger partial charge in [0.25, 0.3) is 0 Å². The van der Waals surface area contributed by atoms with E-state index in [1.807, 2.05) is 0 Å². The van der Waals surface area contributed by atoms with Crippen LogP contribution in [-0.2, 0) is 39.7 Å². The van der Waals surface area contributed by atoms with Gasteiger partial charge in [-0.2, -0.15) is 8.61 Å². The van der Waals surface area contributed by atoms with E-state index in [2.05, 4.69) is 0 Å². The summed E-state index contributed by atoms with van der Waals surface area (Å²) in [6, 6.07) is 3.49. The van der Waals surface area contributed by atoms with Crippen LogP contribution in [0.1, 0.15) is 11.1 Å². The SMILES string of the molecule is COc1ccc(C)cc1S(=O)(=O)N1[C@@H]2CS(=O)(=O)C[C@@H]2N(S(=O)(=O)c2cc(C)ccc2OC)[C@H]2CS(=O)(=O)C[C@H]21. The molecule has 0 bridgehead atoms. The highest BCUT2D eigenvalue weighted by atomic mass is 32.2. The Morgan fingerprint density at radius 3 is 1.20 bits per heavy atom. The first kappa shape index (κ1) is 29.3. The minimum Gasteiger partial charge on any atom is -0.495 e. The predicted octanol–water partition coefficient (Wildman–Crippen LogP) is 0.347. The fourth-order valence-corrected chi connectivity index (χ4v) is 14.5. The molecule has 12 nitrogen and oxygen atoms in total. The first-order valence-corrected chi connectivity index (χ1v) is 18.8. The number of methoxy groups -OCH3 is 2. The Hall–Kier alpha value is -2.24. The van der Waals surface area contributed by atoms with Gasteiger partial charge in [0, 0.05) is 0 Å². The van der Waals surface area contributed by atoms with Crippen LogP contribution in [-0.4, -0.2) is 104 Å². The van der Waals surface area contributed by atoms with Gasteiger partial charge in [-0.25, -0.2) is 33.7 Å². The van der Waals surface area contributed by atoms with Crippen molar-refractivity contribution in [3.8, 4) is 11.5 Å². The molecule has 2 aromatic rings. The van der Waals surface area contributed by atoms with Crippen molar-refractivity contribution in [1.29, 1.82) is 0 Å². The molecule has 3 aliphatic rings. The number of rotatable bonds is 6. The fourth-order valence-electron chi connectivity index (χ4n) is 6.00. The average molecular weight is 635 g/mol. The summed E-state index contributed by atoms with van der Waals surface area (Å²) in [4.78, 5) is -0.504. The summed E-state index contributed by atoms with van der Waals surface area (Å²) >= 11 is 0. The van der Waals surface area contributed by atoms with Crippen molar-refractivity contribution >= 4 is 39.7 Å². The second-order valence-corrected chi connectivity index (χ2v) is 18.3. The van der Waals surface area contributed by atoms with Gasteiger partial charge in [0.1, 0.15) is 21.3 Å². The Labute approximate surface area is 234 Å². The average Bonchev–Trinajstić information content (AvgIpc) is 3.34. The molecule has 0 saturated carbocycles. The van der Waals surface area contributed by atoms with E-state index >= 15 is 0 Å². The van der Waals surface area contributed by atoms with E-state index in [0.29, 0.717) is 11.1 Å². The van der Waals surface area contributed by atoms with Crippen molar-refractivity contribution in [1.82, 2.24) is 8.61 Å². The Kier molecular flexibility index (Phi) is 7.07. The third-order valence-electron chi connectivity index (χ3n) is 7.64. The molecule has 3 fully saturated rings. The van der Waals surface area contributed by atoms with Gasteiger partial charge in [-0.05, 0) is 49.2 Å². The van der Waals surface area contributed by atoms with Crippen molar-refractivity contribution in [3.05, 3.63) is 47.5 Å². The van der Waals surface area contributed by atoms with Gasteiger partial charge >= 0.3 is 0 Å². The molecule has 4 atom stereocenters. The first-order valence-electron chi connectivity index (χ1n) is 12.3. The van der Waals surface area contributed by atoms with E-state index in [-0.39, 0.29) is 21.3 Å². The summed E-state index contributed by atoms with van der Waals surface area (Å²) in [6.07, 6.45) is 0. The molecule has 0 amide bonds. The van der Waals surface area contributed by atoms with Crippen LogP contribution in [0.25, 0.3) is 0 Å². The lowest BCUT2D eigenvalue weighted by Crippen LogP contribution is -2.69. The van der Waals surface area contributed by atoms with Gasteiger partial charge in [0.2, 0.25) is 20.0 Å². The molecule has 0 unspecified atom stereocenters. The number of benzene rings is 2. The summed E-state index contributed by atoms with van der Waals surface area (Å²) in [5, 5.41) is 0. The Balaban J connectivity index is 1.75. The van der Waals surface area contributed by atoms with Crippen LogP contribution in [0.4, 0.5) is 0 Å². The zero-order valence-corrected chi connectivity index (χ0v) is 25.5. The summed E-state index contributed by atoms with van der Waals surface area (Å²) in [7, 11) is -14.4. The van der Waals surface area contributed by atoms with Crippen molar-refractivity contribution in [2.24, 2.45) is 0 Å². The van der Waals surface area contributed by atoms with Crippen LogP contribution in [0.2, 0.25) is 0 Å². The molecule has 0 N–H and O–H groups in total. The first-order chi connectivity index (χ1) is 18.5. The number of aryl methyl sites for hydroxylation is 2. The summed E-state index contributed by atoms with van der Waals surface area (Å²) in [5.74, 6) is -2.65. The molecule has 0 aliphatic carbocycles. The number of sulfonamides is 2. The van der Waals surface area contributed by atoms with E-state index in [4.69, 9.17) is 9.47 Å². The van der Waals surface area contributed by atoms with Gasteiger partial charge < -0.3 is 9.47 Å². The summed E-state index contributed by atoms with van der Waals surface area (Å²) < 4.78 is 122. The molecule has 5 rings (SSSR count). The zero-order valence-electron chi connectivity index (χ0n) is 22.2. The molecule has 3 saturated heterocycles. The Morgan fingerprint density at radius 1 is 0.625 bits per heavy atom. The second-order valence-electron chi connectivity index (χ2n) is 10.4. The quantitative estimate of drug-likeness (QED) is 0.434. The van der Waals surface area contributed by atoms with Crippen molar-refractivity contribution in [2.75, 3.05) is 37.2 Å². The molecule has 0 radical (unpaired) electrons. The molecule has 0 aromatic heterocycles. The van der Waals surface area contributed by atoms with Gasteiger partial charge in [-0.3, -0.25) is 0 Å². The number of nitrogens with zero attached hydrogens (tertiary/aromatic N) is 2. The maximum Gasteiger partial charge on any atom is 0.247 e. The summed E-state index contributed by atoms with van der Waals surface area (Å²) in [5.41, 5.74) is 1.16. The lowest BCUT2D eigenvalue weighted by molar-refractivity contribution is 0.0838. The second kappa shape index (κ2) is 9.66.